The maximum atomic E-state index is 11.2. The first-order valence-corrected chi connectivity index (χ1v) is 16.3. The minimum Gasteiger partial charge on any atom is -0.390 e. The molecule has 0 aliphatic heterocycles. The van der Waals surface area contributed by atoms with E-state index in [0.717, 1.165) is 57.4 Å². The number of rotatable bonds is 8. The van der Waals surface area contributed by atoms with E-state index in [4.69, 9.17) is 4.98 Å². The molecule has 2 saturated carbocycles. The lowest BCUT2D eigenvalue weighted by atomic mass is 9.76. The lowest BCUT2D eigenvalue weighted by Gasteiger charge is -2.46. The average Bonchev–Trinajstić information content (AvgIpc) is 3.55. The van der Waals surface area contributed by atoms with Gasteiger partial charge in [-0.25, -0.2) is 15.0 Å². The number of nitrogens with zero attached hydrogens (tertiary/aromatic N) is 5. The first kappa shape index (κ1) is 29.7. The summed E-state index contributed by atoms with van der Waals surface area (Å²) < 4.78 is 2.95. The van der Waals surface area contributed by atoms with E-state index in [-0.39, 0.29) is 17.4 Å². The fourth-order valence-electron chi connectivity index (χ4n) is 7.24. The van der Waals surface area contributed by atoms with Crippen LogP contribution in [-0.2, 0) is 11.8 Å². The number of aromatic amines is 1. The van der Waals surface area contributed by atoms with E-state index in [1.807, 2.05) is 17.7 Å². The van der Waals surface area contributed by atoms with Crippen LogP contribution < -0.4 is 0 Å². The Morgan fingerprint density at radius 2 is 1.88 bits per heavy atom. The maximum absolute atomic E-state index is 11.2. The van der Waals surface area contributed by atoms with E-state index in [2.05, 4.69) is 88.6 Å². The molecule has 226 valence electrons. The largest absolute Gasteiger partial charge is 0.390 e. The number of imidazole rings is 1. The van der Waals surface area contributed by atoms with Crippen molar-refractivity contribution in [2.45, 2.75) is 109 Å². The first-order chi connectivity index (χ1) is 19.9. The van der Waals surface area contributed by atoms with Crippen molar-refractivity contribution in [3.05, 3.63) is 52.3 Å². The van der Waals surface area contributed by atoms with Crippen LogP contribution in [0.25, 0.3) is 22.1 Å². The van der Waals surface area contributed by atoms with Gasteiger partial charge in [-0.1, -0.05) is 26.8 Å². The predicted molar refractivity (Wildman–Crippen MR) is 171 cm³/mol. The third-order valence-corrected chi connectivity index (χ3v) is 10.5. The number of aromatic nitrogens is 5. The van der Waals surface area contributed by atoms with Gasteiger partial charge in [0.25, 0.3) is 0 Å². The van der Waals surface area contributed by atoms with Gasteiger partial charge in [-0.05, 0) is 91.4 Å². The van der Waals surface area contributed by atoms with Gasteiger partial charge in [-0.3, -0.25) is 4.90 Å². The molecule has 4 atom stereocenters. The molecule has 0 radical (unpaired) electrons. The van der Waals surface area contributed by atoms with Gasteiger partial charge in [0, 0.05) is 41.6 Å². The van der Waals surface area contributed by atoms with Crippen LogP contribution in [0, 0.1) is 18.8 Å². The number of hydrogen-bond donors (Lipinski definition) is 3. The highest BCUT2D eigenvalue weighted by Crippen LogP contribution is 2.42. The molecule has 0 amide bonds. The molecule has 3 aromatic heterocycles. The second-order valence-corrected chi connectivity index (χ2v) is 14.9. The summed E-state index contributed by atoms with van der Waals surface area (Å²) in [6.07, 6.45) is 7.12. The molecule has 6 rings (SSSR count). The van der Waals surface area contributed by atoms with Crippen molar-refractivity contribution in [2.75, 3.05) is 6.54 Å². The van der Waals surface area contributed by atoms with Crippen molar-refractivity contribution >= 4 is 38.0 Å². The van der Waals surface area contributed by atoms with Gasteiger partial charge in [0.05, 0.1) is 34.3 Å². The highest BCUT2D eigenvalue weighted by atomic mass is 79.9. The number of hydrogen-bond acceptors (Lipinski definition) is 6. The number of halogens is 1. The number of aliphatic hydroxyl groups is 2. The molecule has 0 spiro atoms. The van der Waals surface area contributed by atoms with Gasteiger partial charge in [0.1, 0.15) is 23.9 Å². The highest BCUT2D eigenvalue weighted by molar-refractivity contribution is 9.10. The molecule has 42 heavy (non-hydrogen) atoms. The van der Waals surface area contributed by atoms with Gasteiger partial charge in [0.15, 0.2) is 0 Å². The quantitative estimate of drug-likeness (QED) is 0.217. The second-order valence-electron chi connectivity index (χ2n) is 14.1. The molecule has 2 aliphatic rings. The van der Waals surface area contributed by atoms with Gasteiger partial charge >= 0.3 is 0 Å². The van der Waals surface area contributed by atoms with Gasteiger partial charge in [0.2, 0.25) is 0 Å². The van der Waals surface area contributed by atoms with Crippen LogP contribution in [0.15, 0.2) is 35.2 Å². The summed E-state index contributed by atoms with van der Waals surface area (Å²) in [6, 6.07) is 7.25. The Bertz CT molecular complexity index is 1570. The van der Waals surface area contributed by atoms with Crippen molar-refractivity contribution in [3.8, 4) is 0 Å². The Balaban J connectivity index is 1.07. The second kappa shape index (κ2) is 11.3. The first-order valence-electron chi connectivity index (χ1n) is 15.5. The zero-order chi connectivity index (χ0) is 29.9. The molecule has 4 aromatic rings. The molecule has 8 nitrogen and oxygen atoms in total. The van der Waals surface area contributed by atoms with Crippen LogP contribution in [0.1, 0.15) is 83.4 Å². The molecule has 9 heteroatoms. The fourth-order valence-corrected chi connectivity index (χ4v) is 7.93. The molecule has 3 N–H and O–H groups in total. The van der Waals surface area contributed by atoms with Crippen LogP contribution in [0.4, 0.5) is 0 Å². The minimum atomic E-state index is -0.834. The van der Waals surface area contributed by atoms with E-state index in [1.165, 1.54) is 18.4 Å². The summed E-state index contributed by atoms with van der Waals surface area (Å²) in [6.45, 7) is 14.0. The number of aryl methyl sites for hydroxylation is 2. The standard InChI is InChI=1S/C33H45BrN6O2/c1-18(2)39(15-21-13-27(31(42)30(21)41)40-16-24(34)29-19(3)35-17-36-32(29)40)23-11-20(12-23)7-10-28-37-25-9-8-22(33(4,5)6)14-26(25)38-28/h8-9,14,16-18,20-21,23,27,30-31,41-42H,7,10-13,15H2,1-6H3,(H,37,38)/t20?,21-,23?,27-,30-,31+/m1/s1. The summed E-state index contributed by atoms with van der Waals surface area (Å²) >= 11 is 3.65. The topological polar surface area (TPSA) is 103 Å². The van der Waals surface area contributed by atoms with E-state index >= 15 is 0 Å². The van der Waals surface area contributed by atoms with Crippen molar-refractivity contribution in [3.63, 3.8) is 0 Å². The van der Waals surface area contributed by atoms with Gasteiger partial charge < -0.3 is 19.8 Å². The number of nitrogens with one attached hydrogen (secondary N) is 1. The zero-order valence-electron chi connectivity index (χ0n) is 25.7. The van der Waals surface area contributed by atoms with Crippen LogP contribution in [0.5, 0.6) is 0 Å². The summed E-state index contributed by atoms with van der Waals surface area (Å²) in [4.78, 5) is 19.8. The Morgan fingerprint density at radius 3 is 2.60 bits per heavy atom. The molecule has 2 fully saturated rings. The molecule has 3 heterocycles. The van der Waals surface area contributed by atoms with E-state index in [0.29, 0.717) is 24.4 Å². The Hall–Kier alpha value is -2.33. The molecule has 2 aliphatic carbocycles. The van der Waals surface area contributed by atoms with Crippen LogP contribution in [0.2, 0.25) is 0 Å². The summed E-state index contributed by atoms with van der Waals surface area (Å²) in [7, 11) is 0. The van der Waals surface area contributed by atoms with E-state index in [1.54, 1.807) is 6.33 Å². The Labute approximate surface area is 257 Å². The summed E-state index contributed by atoms with van der Waals surface area (Å²) in [5.74, 6) is 1.77. The predicted octanol–water partition coefficient (Wildman–Crippen LogP) is 6.08. The van der Waals surface area contributed by atoms with Crippen LogP contribution >= 0.6 is 15.9 Å². The normalized spacial score (nSPS) is 26.6. The maximum Gasteiger partial charge on any atom is 0.145 e. The van der Waals surface area contributed by atoms with Crippen LogP contribution in [0.3, 0.4) is 0 Å². The molecular formula is C33H45BrN6O2. The number of H-pyrrole nitrogens is 1. The summed E-state index contributed by atoms with van der Waals surface area (Å²) in [5.41, 5.74) is 5.33. The number of fused-ring (bicyclic) bond motifs is 2. The monoisotopic (exact) mass is 636 g/mol. The van der Waals surface area contributed by atoms with Crippen LogP contribution in [-0.4, -0.2) is 70.5 Å². The summed E-state index contributed by atoms with van der Waals surface area (Å²) in [5, 5.41) is 23.3. The number of aliphatic hydroxyl groups excluding tert-OH is 2. The van der Waals surface area contributed by atoms with Crippen molar-refractivity contribution in [1.82, 2.24) is 29.4 Å². The SMILES string of the molecule is Cc1ncnc2c1c(Br)cn2[C@@H]1C[C@H](CN(C(C)C)C2CC(CCc3nc4ccc(C(C)(C)C)cc4[nH]3)C2)[C@@H](O)[C@H]1O. The van der Waals surface area contributed by atoms with Gasteiger partial charge in [-0.2, -0.15) is 0 Å². The highest BCUT2D eigenvalue weighted by Gasteiger charge is 2.45. The van der Waals surface area contributed by atoms with Crippen molar-refractivity contribution < 1.29 is 10.2 Å². The fraction of sp³-hybridized carbons (Fsp3) is 0.606. The zero-order valence-corrected chi connectivity index (χ0v) is 27.3. The molecular weight excluding hydrogens is 592 g/mol. The van der Waals surface area contributed by atoms with Gasteiger partial charge in [-0.15, -0.1) is 0 Å². The third-order valence-electron chi connectivity index (χ3n) is 9.86. The smallest absolute Gasteiger partial charge is 0.145 e. The third kappa shape index (κ3) is 5.53. The molecule has 0 saturated heterocycles. The van der Waals surface area contributed by atoms with E-state index in [9.17, 15) is 10.2 Å². The molecule has 0 bridgehead atoms. The average molecular weight is 638 g/mol. The molecule has 0 unspecified atom stereocenters. The Morgan fingerprint density at radius 1 is 1.12 bits per heavy atom. The minimum absolute atomic E-state index is 0.000789. The Kier molecular flexibility index (Phi) is 8.00. The lowest BCUT2D eigenvalue weighted by Crippen LogP contribution is -2.51. The lowest BCUT2D eigenvalue weighted by molar-refractivity contribution is -0.0180. The van der Waals surface area contributed by atoms with Crippen molar-refractivity contribution in [2.24, 2.45) is 11.8 Å². The number of benzene rings is 1. The molecule has 1 aromatic carbocycles. The van der Waals surface area contributed by atoms with E-state index < -0.39 is 12.2 Å². The van der Waals surface area contributed by atoms with Crippen molar-refractivity contribution in [1.29, 1.82) is 0 Å².